The summed E-state index contributed by atoms with van der Waals surface area (Å²) in [5, 5.41) is 13.3. The number of sulfone groups is 1. The molecule has 7 nitrogen and oxygen atoms in total. The van der Waals surface area contributed by atoms with E-state index in [0.717, 1.165) is 43.4 Å². The normalized spacial score (nSPS) is 17.0. The number of carbonyl (C=O) groups excluding carboxylic acids is 1. The molecular formula is C18H24N4O3S. The highest BCUT2D eigenvalue weighted by Gasteiger charge is 2.40. The number of carbonyl (C=O) groups is 1. The zero-order valence-corrected chi connectivity index (χ0v) is 15.7. The van der Waals surface area contributed by atoms with Gasteiger partial charge in [0.25, 0.3) is 0 Å². The summed E-state index contributed by atoms with van der Waals surface area (Å²) in [6, 6.07) is 6.78. The predicted molar refractivity (Wildman–Crippen MR) is 97.4 cm³/mol. The Balaban J connectivity index is 1.78. The number of benzene rings is 1. The van der Waals surface area contributed by atoms with E-state index in [-0.39, 0.29) is 10.8 Å². The molecule has 0 saturated heterocycles. The third-order valence-electron chi connectivity index (χ3n) is 5.11. The summed E-state index contributed by atoms with van der Waals surface area (Å²) in [4.78, 5) is 13.3. The highest BCUT2D eigenvalue weighted by Crippen LogP contribution is 2.40. The summed E-state index contributed by atoms with van der Waals surface area (Å²) >= 11 is 0. The molecule has 2 aromatic rings. The van der Waals surface area contributed by atoms with Gasteiger partial charge >= 0.3 is 0 Å². The second kappa shape index (κ2) is 7.57. The van der Waals surface area contributed by atoms with Crippen molar-refractivity contribution in [2.75, 3.05) is 12.8 Å². The minimum atomic E-state index is -3.25. The van der Waals surface area contributed by atoms with Crippen LogP contribution in [0.4, 0.5) is 0 Å². The van der Waals surface area contributed by atoms with Crippen molar-refractivity contribution in [3.05, 3.63) is 41.7 Å². The van der Waals surface area contributed by atoms with Gasteiger partial charge in [-0.3, -0.25) is 4.79 Å². The fourth-order valence-corrected chi connectivity index (χ4v) is 4.27. The average molecular weight is 376 g/mol. The van der Waals surface area contributed by atoms with Crippen LogP contribution >= 0.6 is 0 Å². The van der Waals surface area contributed by atoms with Crippen molar-refractivity contribution in [2.45, 2.75) is 48.8 Å². The quantitative estimate of drug-likeness (QED) is 0.799. The Labute approximate surface area is 153 Å². The molecule has 8 heteroatoms. The van der Waals surface area contributed by atoms with Crippen molar-refractivity contribution in [3.8, 4) is 0 Å². The maximum atomic E-state index is 13.1. The molecule has 0 bridgehead atoms. The van der Waals surface area contributed by atoms with Gasteiger partial charge in [0.05, 0.1) is 22.2 Å². The van der Waals surface area contributed by atoms with Crippen LogP contribution in [0.3, 0.4) is 0 Å². The Hall–Kier alpha value is -2.22. The highest BCUT2D eigenvalue weighted by molar-refractivity contribution is 7.90. The molecule has 2 N–H and O–H groups in total. The molecule has 0 atom stereocenters. The Morgan fingerprint density at radius 2 is 1.88 bits per heavy atom. The Morgan fingerprint density at radius 3 is 2.46 bits per heavy atom. The molecule has 3 rings (SSSR count). The molecule has 1 aromatic heterocycles. The van der Waals surface area contributed by atoms with Gasteiger partial charge in [-0.25, -0.2) is 8.42 Å². The van der Waals surface area contributed by atoms with E-state index in [4.69, 9.17) is 0 Å². The summed E-state index contributed by atoms with van der Waals surface area (Å²) in [5.41, 5.74) is 1.11. The van der Waals surface area contributed by atoms with E-state index >= 15 is 0 Å². The van der Waals surface area contributed by atoms with Gasteiger partial charge in [0.1, 0.15) is 0 Å². The van der Waals surface area contributed by atoms with E-state index in [1.54, 1.807) is 30.5 Å². The maximum Gasteiger partial charge on any atom is 0.230 e. The highest BCUT2D eigenvalue weighted by atomic mass is 32.2. The van der Waals surface area contributed by atoms with Crippen molar-refractivity contribution < 1.29 is 13.2 Å². The predicted octanol–water partition coefficient (Wildman–Crippen LogP) is 1.77. The van der Waals surface area contributed by atoms with Crippen LogP contribution < -0.4 is 5.32 Å². The Bertz CT molecular complexity index is 839. The molecule has 1 aliphatic rings. The van der Waals surface area contributed by atoms with Crippen molar-refractivity contribution in [1.29, 1.82) is 0 Å². The van der Waals surface area contributed by atoms with Gasteiger partial charge in [-0.15, -0.1) is 0 Å². The third kappa shape index (κ3) is 3.95. The van der Waals surface area contributed by atoms with E-state index in [1.807, 2.05) is 0 Å². The van der Waals surface area contributed by atoms with Gasteiger partial charge in [0.2, 0.25) is 5.91 Å². The monoisotopic (exact) mass is 376 g/mol. The van der Waals surface area contributed by atoms with E-state index in [1.165, 1.54) is 6.26 Å². The van der Waals surface area contributed by atoms with Crippen LogP contribution in [0.15, 0.2) is 35.4 Å². The number of hydrogen-bond acceptors (Lipinski definition) is 5. The molecule has 1 fully saturated rings. The first-order chi connectivity index (χ1) is 12.4. The topological polar surface area (TPSA) is 105 Å². The molecule has 140 valence electrons. The van der Waals surface area contributed by atoms with Crippen LogP contribution in [0, 0.1) is 0 Å². The minimum absolute atomic E-state index is 0.00722. The number of aromatic nitrogens is 3. The number of aromatic amines is 1. The smallest absolute Gasteiger partial charge is 0.230 e. The largest absolute Gasteiger partial charge is 0.355 e. The molecule has 0 aliphatic heterocycles. The number of nitrogens with zero attached hydrogens (tertiary/aromatic N) is 2. The van der Waals surface area contributed by atoms with Gasteiger partial charge in [0, 0.05) is 19.2 Å². The third-order valence-corrected chi connectivity index (χ3v) is 6.24. The first-order valence-corrected chi connectivity index (χ1v) is 10.7. The van der Waals surface area contributed by atoms with E-state index in [0.29, 0.717) is 13.0 Å². The molecule has 1 saturated carbocycles. The minimum Gasteiger partial charge on any atom is -0.355 e. The van der Waals surface area contributed by atoms with Crippen LogP contribution in [0.1, 0.15) is 43.4 Å². The molecule has 0 unspecified atom stereocenters. The lowest BCUT2D eigenvalue weighted by atomic mass is 9.68. The van der Waals surface area contributed by atoms with Crippen LogP contribution in [0.5, 0.6) is 0 Å². The second-order valence-corrected chi connectivity index (χ2v) is 8.92. The second-order valence-electron chi connectivity index (χ2n) is 6.91. The lowest BCUT2D eigenvalue weighted by Crippen LogP contribution is -2.46. The standard InChI is InChI=1S/C18H24N4O3S/c1-26(24,25)16-7-5-14(6-8-16)18(10-3-2-4-11-18)17(23)19-12-9-15-13-20-22-21-15/h5-8,13H,2-4,9-12H2,1H3,(H,19,23)(H,20,21,22). The summed E-state index contributed by atoms with van der Waals surface area (Å²) in [6.45, 7) is 0.495. The van der Waals surface area contributed by atoms with Crippen LogP contribution in [-0.4, -0.2) is 42.5 Å². The molecule has 1 aromatic carbocycles. The van der Waals surface area contributed by atoms with Crippen molar-refractivity contribution in [2.24, 2.45) is 0 Å². The van der Waals surface area contributed by atoms with E-state index in [9.17, 15) is 13.2 Å². The van der Waals surface area contributed by atoms with E-state index in [2.05, 4.69) is 20.7 Å². The summed E-state index contributed by atoms with van der Waals surface area (Å²) in [5.74, 6) is 0.00722. The summed E-state index contributed by atoms with van der Waals surface area (Å²) in [7, 11) is -3.25. The number of amides is 1. The zero-order chi connectivity index (χ0) is 18.6. The number of hydrogen-bond donors (Lipinski definition) is 2. The van der Waals surface area contributed by atoms with Gasteiger partial charge in [-0.2, -0.15) is 15.4 Å². The SMILES string of the molecule is CS(=O)(=O)c1ccc(C2(C(=O)NCCc3cn[nH]n3)CCCCC2)cc1. The number of H-pyrrole nitrogens is 1. The van der Waals surface area contributed by atoms with Crippen LogP contribution in [-0.2, 0) is 26.5 Å². The van der Waals surface area contributed by atoms with Gasteiger partial charge in [0.15, 0.2) is 9.84 Å². The molecule has 1 heterocycles. The molecule has 1 aliphatic carbocycles. The fourth-order valence-electron chi connectivity index (χ4n) is 3.64. The molecule has 0 radical (unpaired) electrons. The fraction of sp³-hybridized carbons (Fsp3) is 0.500. The number of nitrogens with one attached hydrogen (secondary N) is 2. The van der Waals surface area contributed by atoms with Crippen molar-refractivity contribution >= 4 is 15.7 Å². The lowest BCUT2D eigenvalue weighted by Gasteiger charge is -2.36. The van der Waals surface area contributed by atoms with Crippen molar-refractivity contribution in [1.82, 2.24) is 20.7 Å². The lowest BCUT2D eigenvalue weighted by molar-refractivity contribution is -0.128. The average Bonchev–Trinajstić information content (AvgIpc) is 3.15. The molecular weight excluding hydrogens is 352 g/mol. The van der Waals surface area contributed by atoms with Crippen molar-refractivity contribution in [3.63, 3.8) is 0 Å². The van der Waals surface area contributed by atoms with Crippen LogP contribution in [0.2, 0.25) is 0 Å². The molecule has 0 spiro atoms. The summed E-state index contributed by atoms with van der Waals surface area (Å²) < 4.78 is 23.4. The van der Waals surface area contributed by atoms with Gasteiger partial charge < -0.3 is 5.32 Å². The Morgan fingerprint density at radius 1 is 1.19 bits per heavy atom. The summed E-state index contributed by atoms with van der Waals surface area (Å²) in [6.07, 6.45) is 8.11. The number of rotatable bonds is 6. The van der Waals surface area contributed by atoms with Gasteiger partial charge in [-0.05, 0) is 30.5 Å². The zero-order valence-electron chi connectivity index (χ0n) is 14.9. The first kappa shape index (κ1) is 18.6. The van der Waals surface area contributed by atoms with E-state index < -0.39 is 15.3 Å². The Kier molecular flexibility index (Phi) is 5.41. The van der Waals surface area contributed by atoms with Crippen LogP contribution in [0.25, 0.3) is 0 Å². The maximum absolute atomic E-state index is 13.1. The molecule has 26 heavy (non-hydrogen) atoms. The van der Waals surface area contributed by atoms with Gasteiger partial charge in [-0.1, -0.05) is 31.4 Å². The molecule has 1 amide bonds. The first-order valence-electron chi connectivity index (χ1n) is 8.85.